The Morgan fingerprint density at radius 3 is 2.57 bits per heavy atom. The fraction of sp³-hybridized carbons (Fsp3) is 0.250. The molecule has 1 aliphatic heterocycles. The predicted octanol–water partition coefficient (Wildman–Crippen LogP) is 4.31. The maximum atomic E-state index is 6.37. The van der Waals surface area contributed by atoms with E-state index in [4.69, 9.17) is 26.8 Å². The summed E-state index contributed by atoms with van der Waals surface area (Å²) in [5.41, 5.74) is 8.32. The number of hydrogen-bond acceptors (Lipinski definition) is 3. The van der Waals surface area contributed by atoms with Crippen LogP contribution < -0.4 is 15.2 Å². The second kappa shape index (κ2) is 6.26. The van der Waals surface area contributed by atoms with E-state index in [-0.39, 0.29) is 6.04 Å². The van der Waals surface area contributed by atoms with E-state index >= 15 is 0 Å². The largest absolute Gasteiger partial charge is 0.490 e. The molecular weight excluding hydrogens is 354 g/mol. The summed E-state index contributed by atoms with van der Waals surface area (Å²) in [5, 5.41) is 0.677. The molecule has 2 aromatic carbocycles. The fourth-order valence-corrected chi connectivity index (χ4v) is 3.24. The van der Waals surface area contributed by atoms with Crippen molar-refractivity contribution in [2.24, 2.45) is 5.73 Å². The third-order valence-corrected chi connectivity index (χ3v) is 4.35. The molecule has 3 nitrogen and oxygen atoms in total. The average molecular weight is 369 g/mol. The van der Waals surface area contributed by atoms with Gasteiger partial charge < -0.3 is 15.2 Å². The first-order chi connectivity index (χ1) is 10.1. The van der Waals surface area contributed by atoms with Gasteiger partial charge in [-0.1, -0.05) is 39.7 Å². The predicted molar refractivity (Wildman–Crippen MR) is 87.2 cm³/mol. The molecule has 21 heavy (non-hydrogen) atoms. The SMILES string of the molecule is NC(c1ccc2c(c1)OCCCO2)c1ccc(Cl)cc1Br. The topological polar surface area (TPSA) is 44.5 Å². The van der Waals surface area contributed by atoms with E-state index in [9.17, 15) is 0 Å². The highest BCUT2D eigenvalue weighted by Gasteiger charge is 2.17. The monoisotopic (exact) mass is 367 g/mol. The molecule has 0 spiro atoms. The van der Waals surface area contributed by atoms with Gasteiger partial charge in [0.25, 0.3) is 0 Å². The van der Waals surface area contributed by atoms with E-state index in [1.165, 1.54) is 0 Å². The highest BCUT2D eigenvalue weighted by molar-refractivity contribution is 9.10. The van der Waals surface area contributed by atoms with Crippen LogP contribution >= 0.6 is 27.5 Å². The number of halogens is 2. The average Bonchev–Trinajstić information content (AvgIpc) is 2.71. The quantitative estimate of drug-likeness (QED) is 0.859. The highest BCUT2D eigenvalue weighted by atomic mass is 79.9. The molecule has 1 heterocycles. The van der Waals surface area contributed by atoms with Crippen molar-refractivity contribution in [2.45, 2.75) is 12.5 Å². The molecule has 0 bridgehead atoms. The molecule has 2 N–H and O–H groups in total. The van der Waals surface area contributed by atoms with Crippen LogP contribution in [0, 0.1) is 0 Å². The molecule has 3 rings (SSSR count). The summed E-state index contributed by atoms with van der Waals surface area (Å²) in [6.45, 7) is 1.34. The number of rotatable bonds is 2. The lowest BCUT2D eigenvalue weighted by Crippen LogP contribution is -2.12. The van der Waals surface area contributed by atoms with Crippen molar-refractivity contribution in [1.82, 2.24) is 0 Å². The van der Waals surface area contributed by atoms with Crippen LogP contribution in [0.25, 0.3) is 0 Å². The van der Waals surface area contributed by atoms with Crippen molar-refractivity contribution >= 4 is 27.5 Å². The molecule has 1 atom stereocenters. The number of fused-ring (bicyclic) bond motifs is 1. The Bertz CT molecular complexity index is 663. The summed E-state index contributed by atoms with van der Waals surface area (Å²) >= 11 is 9.49. The normalized spacial score (nSPS) is 15.4. The van der Waals surface area contributed by atoms with Crippen molar-refractivity contribution in [2.75, 3.05) is 13.2 Å². The molecule has 0 radical (unpaired) electrons. The van der Waals surface area contributed by atoms with Crippen LogP contribution in [0.1, 0.15) is 23.6 Å². The van der Waals surface area contributed by atoms with Crippen LogP contribution in [0.5, 0.6) is 11.5 Å². The van der Waals surface area contributed by atoms with Gasteiger partial charge in [-0.2, -0.15) is 0 Å². The fourth-order valence-electron chi connectivity index (χ4n) is 2.31. The second-order valence-corrected chi connectivity index (χ2v) is 6.19. The third kappa shape index (κ3) is 3.18. The molecule has 0 aromatic heterocycles. The summed E-state index contributed by atoms with van der Waals surface area (Å²) in [6.07, 6.45) is 0.888. The van der Waals surface area contributed by atoms with Gasteiger partial charge in [-0.05, 0) is 35.4 Å². The minimum atomic E-state index is -0.256. The minimum Gasteiger partial charge on any atom is -0.490 e. The van der Waals surface area contributed by atoms with Crippen molar-refractivity contribution in [3.8, 4) is 11.5 Å². The second-order valence-electron chi connectivity index (χ2n) is 4.90. The van der Waals surface area contributed by atoms with Crippen LogP contribution in [-0.4, -0.2) is 13.2 Å². The molecule has 0 saturated carbocycles. The summed E-state index contributed by atoms with van der Waals surface area (Å²) in [6, 6.07) is 11.2. The summed E-state index contributed by atoms with van der Waals surface area (Å²) in [4.78, 5) is 0. The number of hydrogen-bond donors (Lipinski definition) is 1. The van der Waals surface area contributed by atoms with E-state index in [0.29, 0.717) is 18.2 Å². The maximum Gasteiger partial charge on any atom is 0.161 e. The lowest BCUT2D eigenvalue weighted by Gasteiger charge is -2.16. The maximum absolute atomic E-state index is 6.37. The van der Waals surface area contributed by atoms with E-state index in [0.717, 1.165) is 33.5 Å². The molecule has 1 unspecified atom stereocenters. The van der Waals surface area contributed by atoms with E-state index < -0.39 is 0 Å². The zero-order valence-corrected chi connectivity index (χ0v) is 13.7. The number of nitrogens with two attached hydrogens (primary N) is 1. The number of benzene rings is 2. The van der Waals surface area contributed by atoms with Crippen LogP contribution in [0.3, 0.4) is 0 Å². The van der Waals surface area contributed by atoms with Crippen molar-refractivity contribution < 1.29 is 9.47 Å². The van der Waals surface area contributed by atoms with Crippen molar-refractivity contribution in [3.05, 3.63) is 57.0 Å². The van der Waals surface area contributed by atoms with Crippen molar-refractivity contribution in [3.63, 3.8) is 0 Å². The first-order valence-corrected chi connectivity index (χ1v) is 7.92. The molecule has 0 amide bonds. The summed E-state index contributed by atoms with van der Waals surface area (Å²) in [7, 11) is 0. The van der Waals surface area contributed by atoms with Crippen LogP contribution in [0.2, 0.25) is 5.02 Å². The van der Waals surface area contributed by atoms with Gasteiger partial charge in [0.05, 0.1) is 19.3 Å². The van der Waals surface area contributed by atoms with Crippen LogP contribution in [0.4, 0.5) is 0 Å². The first-order valence-electron chi connectivity index (χ1n) is 6.75. The van der Waals surface area contributed by atoms with Gasteiger partial charge in [0, 0.05) is 15.9 Å². The summed E-state index contributed by atoms with van der Waals surface area (Å²) in [5.74, 6) is 1.53. The molecule has 0 aliphatic carbocycles. The zero-order chi connectivity index (χ0) is 14.8. The molecule has 1 aliphatic rings. The Labute approximate surface area is 137 Å². The Hall–Kier alpha value is -1.23. The Morgan fingerprint density at radius 1 is 1.05 bits per heavy atom. The lowest BCUT2D eigenvalue weighted by molar-refractivity contribution is 0.297. The van der Waals surface area contributed by atoms with Gasteiger partial charge in [-0.15, -0.1) is 0 Å². The molecule has 0 fully saturated rings. The van der Waals surface area contributed by atoms with Crippen LogP contribution in [-0.2, 0) is 0 Å². The van der Waals surface area contributed by atoms with E-state index in [2.05, 4.69) is 15.9 Å². The first kappa shape index (κ1) is 14.7. The van der Waals surface area contributed by atoms with E-state index in [1.54, 1.807) is 0 Å². The zero-order valence-electron chi connectivity index (χ0n) is 11.3. The van der Waals surface area contributed by atoms with Gasteiger partial charge in [0.2, 0.25) is 0 Å². The van der Waals surface area contributed by atoms with Crippen LogP contribution in [0.15, 0.2) is 40.9 Å². The molecule has 0 saturated heterocycles. The van der Waals surface area contributed by atoms with Crippen molar-refractivity contribution in [1.29, 1.82) is 0 Å². The minimum absolute atomic E-state index is 0.256. The van der Waals surface area contributed by atoms with Gasteiger partial charge in [-0.25, -0.2) is 0 Å². The van der Waals surface area contributed by atoms with Gasteiger partial charge >= 0.3 is 0 Å². The summed E-state index contributed by atoms with van der Waals surface area (Å²) < 4.78 is 12.2. The molecule has 5 heteroatoms. The number of ether oxygens (including phenoxy) is 2. The van der Waals surface area contributed by atoms with Gasteiger partial charge in [0.15, 0.2) is 11.5 Å². The molecular formula is C16H15BrClNO2. The lowest BCUT2D eigenvalue weighted by atomic mass is 9.99. The third-order valence-electron chi connectivity index (χ3n) is 3.43. The van der Waals surface area contributed by atoms with E-state index in [1.807, 2.05) is 36.4 Å². The van der Waals surface area contributed by atoms with Gasteiger partial charge in [0.1, 0.15) is 0 Å². The van der Waals surface area contributed by atoms with Gasteiger partial charge in [-0.3, -0.25) is 0 Å². The molecule has 110 valence electrons. The standard InChI is InChI=1S/C16H15BrClNO2/c17-13-9-11(18)3-4-12(13)16(19)10-2-5-14-15(8-10)21-7-1-6-20-14/h2-5,8-9,16H,1,6-7,19H2. The Morgan fingerprint density at radius 2 is 1.81 bits per heavy atom. The Kier molecular flexibility index (Phi) is 4.38. The molecule has 2 aromatic rings. The Balaban J connectivity index is 1.94. The highest BCUT2D eigenvalue weighted by Crippen LogP contribution is 2.35. The smallest absolute Gasteiger partial charge is 0.161 e.